The molecule has 1 heterocycles. The monoisotopic (exact) mass is 284 g/mol. The van der Waals surface area contributed by atoms with E-state index >= 15 is 0 Å². The first-order valence-electron chi connectivity index (χ1n) is 4.90. The van der Waals surface area contributed by atoms with Crippen LogP contribution in [0.4, 0.5) is 5.82 Å². The molecule has 0 spiro atoms. The lowest BCUT2D eigenvalue weighted by Crippen LogP contribution is -2.30. The maximum Gasteiger partial charge on any atom is 0.257 e. The van der Waals surface area contributed by atoms with Crippen LogP contribution in [0, 0.1) is 0 Å². The number of hydrogen-bond donors (Lipinski definition) is 2. The van der Waals surface area contributed by atoms with Crippen LogP contribution >= 0.6 is 11.6 Å². The zero-order valence-electron chi connectivity index (χ0n) is 9.04. The summed E-state index contributed by atoms with van der Waals surface area (Å²) in [6.45, 7) is 0. The molecule has 6 nitrogen and oxygen atoms in total. The number of anilines is 1. The van der Waals surface area contributed by atoms with Crippen LogP contribution < -0.4 is 10.3 Å². The maximum atomic E-state index is 11.8. The first-order valence-corrected chi connectivity index (χ1v) is 6.76. The van der Waals surface area contributed by atoms with Gasteiger partial charge in [0.15, 0.2) is 11.0 Å². The third-order valence-corrected chi connectivity index (χ3v) is 3.46. The molecule has 0 saturated heterocycles. The highest BCUT2D eigenvalue weighted by molar-refractivity contribution is 7.89. The van der Waals surface area contributed by atoms with E-state index in [9.17, 15) is 8.42 Å². The summed E-state index contributed by atoms with van der Waals surface area (Å²) in [7, 11) is -3.63. The smallest absolute Gasteiger partial charge is 0.257 e. The molecule has 0 unspecified atom stereocenters. The van der Waals surface area contributed by atoms with Gasteiger partial charge in [-0.1, -0.05) is 29.8 Å². The van der Waals surface area contributed by atoms with Gasteiger partial charge in [-0.3, -0.25) is 5.43 Å². The molecule has 18 heavy (non-hydrogen) atoms. The minimum Gasteiger partial charge on any atom is -0.290 e. The van der Waals surface area contributed by atoms with Crippen molar-refractivity contribution in [1.29, 1.82) is 0 Å². The summed E-state index contributed by atoms with van der Waals surface area (Å²) in [5.41, 5.74) is 2.44. The van der Waals surface area contributed by atoms with Crippen molar-refractivity contribution in [1.82, 2.24) is 15.0 Å². The number of hydrogen-bond acceptors (Lipinski definition) is 5. The van der Waals surface area contributed by atoms with Crippen molar-refractivity contribution in [3.8, 4) is 0 Å². The number of sulfonamides is 1. The number of hydrazine groups is 1. The van der Waals surface area contributed by atoms with Crippen molar-refractivity contribution >= 4 is 27.4 Å². The minimum atomic E-state index is -3.63. The molecule has 0 bridgehead atoms. The Labute approximate surface area is 109 Å². The number of benzene rings is 1. The molecule has 8 heteroatoms. The average Bonchev–Trinajstić information content (AvgIpc) is 2.39. The first-order chi connectivity index (χ1) is 8.58. The SMILES string of the molecule is O=S(=O)(NNc1ccc(Cl)nn1)c1ccccc1. The number of rotatable bonds is 4. The Morgan fingerprint density at radius 1 is 1.00 bits per heavy atom. The van der Waals surface area contributed by atoms with E-state index in [-0.39, 0.29) is 15.9 Å². The molecule has 0 saturated carbocycles. The Hall–Kier alpha value is -1.70. The van der Waals surface area contributed by atoms with E-state index in [2.05, 4.69) is 20.5 Å². The van der Waals surface area contributed by atoms with Gasteiger partial charge in [0.1, 0.15) is 0 Å². The third-order valence-electron chi connectivity index (χ3n) is 2.00. The third kappa shape index (κ3) is 3.16. The summed E-state index contributed by atoms with van der Waals surface area (Å²) in [6.07, 6.45) is 0. The predicted molar refractivity (Wildman–Crippen MR) is 67.4 cm³/mol. The van der Waals surface area contributed by atoms with E-state index in [1.54, 1.807) is 18.2 Å². The molecule has 1 aromatic carbocycles. The number of nitrogens with zero attached hydrogens (tertiary/aromatic N) is 2. The fourth-order valence-electron chi connectivity index (χ4n) is 1.16. The van der Waals surface area contributed by atoms with Crippen molar-refractivity contribution < 1.29 is 8.42 Å². The lowest BCUT2D eigenvalue weighted by Gasteiger charge is -2.07. The molecule has 94 valence electrons. The summed E-state index contributed by atoms with van der Waals surface area (Å²) in [5, 5.41) is 7.45. The molecule has 2 aromatic rings. The quantitative estimate of drug-likeness (QED) is 0.830. The second-order valence-electron chi connectivity index (χ2n) is 3.28. The van der Waals surface area contributed by atoms with Crippen LogP contribution in [0.2, 0.25) is 5.15 Å². The normalized spacial score (nSPS) is 11.2. The van der Waals surface area contributed by atoms with Crippen molar-refractivity contribution in [2.45, 2.75) is 4.90 Å². The van der Waals surface area contributed by atoms with Gasteiger partial charge in [0, 0.05) is 0 Å². The predicted octanol–water partition coefficient (Wildman–Crippen LogP) is 1.44. The van der Waals surface area contributed by atoms with Crippen LogP contribution in [-0.2, 0) is 10.0 Å². The highest BCUT2D eigenvalue weighted by Gasteiger charge is 2.12. The molecule has 0 aliphatic heterocycles. The van der Waals surface area contributed by atoms with Gasteiger partial charge < -0.3 is 0 Å². The number of nitrogens with one attached hydrogen (secondary N) is 2. The first kappa shape index (κ1) is 12.7. The van der Waals surface area contributed by atoms with Gasteiger partial charge in [-0.05, 0) is 24.3 Å². The van der Waals surface area contributed by atoms with Gasteiger partial charge >= 0.3 is 0 Å². The van der Waals surface area contributed by atoms with Crippen molar-refractivity contribution in [3.63, 3.8) is 0 Å². The molecular formula is C10H9ClN4O2S. The van der Waals surface area contributed by atoms with Gasteiger partial charge in [-0.2, -0.15) is 0 Å². The molecule has 0 aliphatic carbocycles. The number of aromatic nitrogens is 2. The Balaban J connectivity index is 2.08. The fraction of sp³-hybridized carbons (Fsp3) is 0. The fourth-order valence-corrected chi connectivity index (χ4v) is 2.13. The largest absolute Gasteiger partial charge is 0.290 e. The zero-order chi connectivity index (χ0) is 13.0. The highest BCUT2D eigenvalue weighted by atomic mass is 35.5. The van der Waals surface area contributed by atoms with Crippen LogP contribution in [0.15, 0.2) is 47.4 Å². The van der Waals surface area contributed by atoms with E-state index in [4.69, 9.17) is 11.6 Å². The number of halogens is 1. The van der Waals surface area contributed by atoms with Gasteiger partial charge in [0.25, 0.3) is 10.0 Å². The lowest BCUT2D eigenvalue weighted by atomic mass is 10.4. The second-order valence-corrected chi connectivity index (χ2v) is 5.35. The highest BCUT2D eigenvalue weighted by Crippen LogP contribution is 2.08. The molecule has 0 fully saturated rings. The maximum absolute atomic E-state index is 11.8. The standard InChI is InChI=1S/C10H9ClN4O2S/c11-9-6-7-10(13-12-9)14-15-18(16,17)8-4-2-1-3-5-8/h1-7,15H,(H,13,14). The van der Waals surface area contributed by atoms with E-state index in [0.717, 1.165) is 0 Å². The molecule has 2 N–H and O–H groups in total. The van der Waals surface area contributed by atoms with Crippen molar-refractivity contribution in [3.05, 3.63) is 47.6 Å². The van der Waals surface area contributed by atoms with E-state index in [1.165, 1.54) is 24.3 Å². The molecule has 0 aliphatic rings. The molecule has 2 rings (SSSR count). The molecule has 1 aromatic heterocycles. The summed E-state index contributed by atoms with van der Waals surface area (Å²) in [5.74, 6) is 0.249. The summed E-state index contributed by atoms with van der Waals surface area (Å²) < 4.78 is 23.6. The Morgan fingerprint density at radius 2 is 1.72 bits per heavy atom. The van der Waals surface area contributed by atoms with Gasteiger partial charge in [0.05, 0.1) is 4.90 Å². The van der Waals surface area contributed by atoms with Crippen LogP contribution in [0.5, 0.6) is 0 Å². The van der Waals surface area contributed by atoms with Crippen LogP contribution in [0.1, 0.15) is 0 Å². The van der Waals surface area contributed by atoms with Crippen molar-refractivity contribution in [2.24, 2.45) is 0 Å². The van der Waals surface area contributed by atoms with E-state index < -0.39 is 10.0 Å². The Morgan fingerprint density at radius 3 is 2.33 bits per heavy atom. The van der Waals surface area contributed by atoms with Crippen molar-refractivity contribution in [2.75, 3.05) is 5.43 Å². The average molecular weight is 285 g/mol. The van der Waals surface area contributed by atoms with Gasteiger partial charge in [-0.25, -0.2) is 8.42 Å². The van der Waals surface area contributed by atoms with E-state index in [0.29, 0.717) is 0 Å². The molecule has 0 amide bonds. The Bertz CT molecular complexity index is 616. The van der Waals surface area contributed by atoms with E-state index in [1.807, 2.05) is 0 Å². The van der Waals surface area contributed by atoms with Gasteiger partial charge in [-0.15, -0.1) is 15.0 Å². The summed E-state index contributed by atoms with van der Waals surface area (Å²) in [4.78, 5) is 2.34. The van der Waals surface area contributed by atoms with Crippen LogP contribution in [0.25, 0.3) is 0 Å². The minimum absolute atomic E-state index is 0.152. The molecular weight excluding hydrogens is 276 g/mol. The molecule has 0 atom stereocenters. The Kier molecular flexibility index (Phi) is 3.75. The topological polar surface area (TPSA) is 84.0 Å². The second kappa shape index (κ2) is 5.30. The van der Waals surface area contributed by atoms with Crippen LogP contribution in [0.3, 0.4) is 0 Å². The van der Waals surface area contributed by atoms with Gasteiger partial charge in [0.2, 0.25) is 0 Å². The summed E-state index contributed by atoms with van der Waals surface area (Å²) in [6, 6.07) is 11.0. The summed E-state index contributed by atoms with van der Waals surface area (Å²) >= 11 is 5.56. The zero-order valence-corrected chi connectivity index (χ0v) is 10.6. The lowest BCUT2D eigenvalue weighted by molar-refractivity contribution is 0.587. The van der Waals surface area contributed by atoms with Crippen LogP contribution in [-0.4, -0.2) is 18.6 Å². The molecule has 0 radical (unpaired) electrons.